The van der Waals surface area contributed by atoms with Crippen LogP contribution in [0.25, 0.3) is 28.1 Å². The summed E-state index contributed by atoms with van der Waals surface area (Å²) < 4.78 is 1.96. The van der Waals surface area contributed by atoms with E-state index in [1.807, 2.05) is 60.3 Å². The number of rotatable bonds is 2. The van der Waals surface area contributed by atoms with Crippen molar-refractivity contribution in [1.82, 2.24) is 14.5 Å². The lowest BCUT2D eigenvalue weighted by molar-refractivity contribution is 0.477. The molecule has 1 N–H and O–H groups in total. The fourth-order valence-electron chi connectivity index (χ4n) is 2.68. The van der Waals surface area contributed by atoms with Gasteiger partial charge in [0.2, 0.25) is 0 Å². The lowest BCUT2D eigenvalue weighted by Crippen LogP contribution is -2.01. The monoisotopic (exact) mass is 301 g/mol. The molecule has 0 saturated carbocycles. The highest BCUT2D eigenvalue weighted by atomic mass is 16.3. The molecule has 0 radical (unpaired) electrons. The topological polar surface area (TPSA) is 50.9 Å². The molecule has 0 fully saturated rings. The van der Waals surface area contributed by atoms with E-state index in [2.05, 4.69) is 11.1 Å². The maximum absolute atomic E-state index is 10.1. The Morgan fingerprint density at radius 2 is 1.70 bits per heavy atom. The van der Waals surface area contributed by atoms with Crippen molar-refractivity contribution in [3.8, 4) is 23.0 Å². The fourth-order valence-corrected chi connectivity index (χ4v) is 2.68. The van der Waals surface area contributed by atoms with Gasteiger partial charge in [0.15, 0.2) is 5.82 Å². The first kappa shape index (κ1) is 13.5. The fraction of sp³-hybridized carbons (Fsp3) is 0.0526. The maximum Gasteiger partial charge on any atom is 0.165 e. The number of fused-ring (bicyclic) bond motifs is 1. The Balaban J connectivity index is 2.05. The van der Waals surface area contributed by atoms with Gasteiger partial charge in [0, 0.05) is 17.8 Å². The Hall–Kier alpha value is -3.14. The number of aromatic hydroxyl groups is 1. The van der Waals surface area contributed by atoms with Gasteiger partial charge in [-0.15, -0.1) is 0 Å². The minimum Gasteiger partial charge on any atom is -0.507 e. The molecule has 0 aliphatic heterocycles. The third-order valence-corrected chi connectivity index (χ3v) is 3.83. The first-order chi connectivity index (χ1) is 11.2. The second kappa shape index (κ2) is 5.25. The van der Waals surface area contributed by atoms with E-state index in [0.29, 0.717) is 11.4 Å². The van der Waals surface area contributed by atoms with Crippen LogP contribution in [0, 0.1) is 6.92 Å². The third-order valence-electron chi connectivity index (χ3n) is 3.83. The molecule has 0 aliphatic rings. The minimum atomic E-state index is 0.179. The molecule has 0 spiro atoms. The largest absolute Gasteiger partial charge is 0.507 e. The van der Waals surface area contributed by atoms with Crippen LogP contribution in [0.5, 0.6) is 5.75 Å². The summed E-state index contributed by atoms with van der Waals surface area (Å²) in [5, 5.41) is 11.1. The van der Waals surface area contributed by atoms with Crippen LogP contribution in [0.4, 0.5) is 0 Å². The Kier molecular flexibility index (Phi) is 3.08. The molecule has 0 amide bonds. The number of phenols is 1. The smallest absolute Gasteiger partial charge is 0.165 e. The summed E-state index contributed by atoms with van der Waals surface area (Å²) in [4.78, 5) is 9.35. The molecular formula is C19H15N3O. The van der Waals surface area contributed by atoms with E-state index in [0.717, 1.165) is 22.3 Å². The van der Waals surface area contributed by atoms with Gasteiger partial charge in [0.1, 0.15) is 11.6 Å². The summed E-state index contributed by atoms with van der Waals surface area (Å²) in [6.07, 6.45) is 3.91. The van der Waals surface area contributed by atoms with Gasteiger partial charge in [-0.25, -0.2) is 9.97 Å². The highest BCUT2D eigenvalue weighted by Crippen LogP contribution is 2.29. The number of benzene rings is 2. The quantitative estimate of drug-likeness (QED) is 0.606. The van der Waals surface area contributed by atoms with Crippen molar-refractivity contribution in [3.63, 3.8) is 0 Å². The van der Waals surface area contributed by atoms with E-state index < -0.39 is 0 Å². The Morgan fingerprint density at radius 3 is 2.48 bits per heavy atom. The van der Waals surface area contributed by atoms with Gasteiger partial charge in [-0.3, -0.25) is 0 Å². The number of phenolic OH excluding ortho intramolecular Hbond substituents is 1. The maximum atomic E-state index is 10.1. The summed E-state index contributed by atoms with van der Waals surface area (Å²) in [7, 11) is 0. The van der Waals surface area contributed by atoms with Gasteiger partial charge in [-0.05, 0) is 48.9 Å². The van der Waals surface area contributed by atoms with Crippen LogP contribution < -0.4 is 0 Å². The molecule has 0 aliphatic carbocycles. The van der Waals surface area contributed by atoms with Crippen LogP contribution in [-0.4, -0.2) is 19.6 Å². The number of para-hydroxylation sites is 1. The van der Waals surface area contributed by atoms with E-state index in [1.54, 1.807) is 12.1 Å². The minimum absolute atomic E-state index is 0.179. The van der Waals surface area contributed by atoms with Crippen molar-refractivity contribution < 1.29 is 5.11 Å². The molecule has 2 heterocycles. The van der Waals surface area contributed by atoms with E-state index >= 15 is 0 Å². The highest BCUT2D eigenvalue weighted by Gasteiger charge is 2.13. The third kappa shape index (κ3) is 2.34. The molecule has 4 heteroatoms. The molecular weight excluding hydrogens is 286 g/mol. The first-order valence-electron chi connectivity index (χ1n) is 7.42. The van der Waals surface area contributed by atoms with Crippen molar-refractivity contribution >= 4 is 10.9 Å². The van der Waals surface area contributed by atoms with Gasteiger partial charge >= 0.3 is 0 Å². The summed E-state index contributed by atoms with van der Waals surface area (Å²) in [6, 6.07) is 17.2. The molecule has 4 rings (SSSR count). The lowest BCUT2D eigenvalue weighted by atomic mass is 10.1. The summed E-state index contributed by atoms with van der Waals surface area (Å²) in [6.45, 7) is 2.04. The SMILES string of the molecule is Cc1ccc2c(-n3cccc3)nc(-c3ccccc3O)nc2c1. The van der Waals surface area contributed by atoms with Crippen LogP contribution in [0.3, 0.4) is 0 Å². The molecule has 2 aromatic heterocycles. The molecule has 23 heavy (non-hydrogen) atoms. The number of aryl methyl sites for hydroxylation is 1. The van der Waals surface area contributed by atoms with Gasteiger partial charge in [0.25, 0.3) is 0 Å². The summed E-state index contributed by atoms with van der Waals surface area (Å²) >= 11 is 0. The van der Waals surface area contributed by atoms with Gasteiger partial charge in [-0.1, -0.05) is 18.2 Å². The molecule has 112 valence electrons. The second-order valence-corrected chi connectivity index (χ2v) is 5.50. The zero-order valence-electron chi connectivity index (χ0n) is 12.6. The molecule has 2 aromatic carbocycles. The van der Waals surface area contributed by atoms with Crippen molar-refractivity contribution in [2.45, 2.75) is 6.92 Å². The van der Waals surface area contributed by atoms with Crippen LogP contribution in [0.2, 0.25) is 0 Å². The van der Waals surface area contributed by atoms with Crippen LogP contribution in [0.15, 0.2) is 67.0 Å². The molecule has 0 atom stereocenters. The predicted octanol–water partition coefficient (Wildman–Crippen LogP) is 4.10. The van der Waals surface area contributed by atoms with E-state index in [9.17, 15) is 5.11 Å². The molecule has 4 nitrogen and oxygen atoms in total. The number of aromatic nitrogens is 3. The zero-order valence-corrected chi connectivity index (χ0v) is 12.6. The number of hydrogen-bond donors (Lipinski definition) is 1. The number of hydrogen-bond acceptors (Lipinski definition) is 3. The van der Waals surface area contributed by atoms with Crippen molar-refractivity contribution in [2.75, 3.05) is 0 Å². The molecule has 0 saturated heterocycles. The Bertz CT molecular complexity index is 991. The standard InChI is InChI=1S/C19H15N3O/c1-13-8-9-14-16(12-13)20-18(15-6-2-3-7-17(15)23)21-19(14)22-10-4-5-11-22/h2-12,23H,1H3. The Morgan fingerprint density at radius 1 is 0.913 bits per heavy atom. The van der Waals surface area contributed by atoms with Crippen LogP contribution in [-0.2, 0) is 0 Å². The van der Waals surface area contributed by atoms with Gasteiger partial charge in [0.05, 0.1) is 11.1 Å². The van der Waals surface area contributed by atoms with Crippen LogP contribution in [0.1, 0.15) is 5.56 Å². The summed E-state index contributed by atoms with van der Waals surface area (Å²) in [5.74, 6) is 1.50. The van der Waals surface area contributed by atoms with Gasteiger partial charge in [-0.2, -0.15) is 0 Å². The highest BCUT2D eigenvalue weighted by molar-refractivity contribution is 5.88. The first-order valence-corrected chi connectivity index (χ1v) is 7.42. The van der Waals surface area contributed by atoms with Crippen LogP contribution >= 0.6 is 0 Å². The molecule has 0 bridgehead atoms. The average molecular weight is 301 g/mol. The second-order valence-electron chi connectivity index (χ2n) is 5.50. The Labute approximate surface area is 133 Å². The number of nitrogens with zero attached hydrogens (tertiary/aromatic N) is 3. The predicted molar refractivity (Wildman–Crippen MR) is 90.7 cm³/mol. The van der Waals surface area contributed by atoms with Crippen molar-refractivity contribution in [3.05, 3.63) is 72.6 Å². The van der Waals surface area contributed by atoms with Crippen molar-refractivity contribution in [1.29, 1.82) is 0 Å². The zero-order chi connectivity index (χ0) is 15.8. The van der Waals surface area contributed by atoms with Crippen molar-refractivity contribution in [2.24, 2.45) is 0 Å². The van der Waals surface area contributed by atoms with E-state index in [-0.39, 0.29) is 5.75 Å². The van der Waals surface area contributed by atoms with E-state index in [4.69, 9.17) is 4.98 Å². The van der Waals surface area contributed by atoms with E-state index in [1.165, 1.54) is 0 Å². The summed E-state index contributed by atoms with van der Waals surface area (Å²) in [5.41, 5.74) is 2.63. The molecule has 4 aromatic rings. The average Bonchev–Trinajstić information content (AvgIpc) is 3.08. The normalized spacial score (nSPS) is 11.0. The molecule has 0 unspecified atom stereocenters. The lowest BCUT2D eigenvalue weighted by Gasteiger charge is -2.11. The van der Waals surface area contributed by atoms with Gasteiger partial charge < -0.3 is 9.67 Å².